The Bertz CT molecular complexity index is 1490. The molecule has 0 radical (unpaired) electrons. The summed E-state index contributed by atoms with van der Waals surface area (Å²) in [5.74, 6) is -1.06. The second-order valence-corrected chi connectivity index (χ2v) is 9.65. The number of carbonyl (C=O) groups is 1. The van der Waals surface area contributed by atoms with Crippen molar-refractivity contribution >= 4 is 49.0 Å². The monoisotopic (exact) mass is 503 g/mol. The Kier molecular flexibility index (Phi) is 5.97. The number of nitrogens with one attached hydrogen (secondary N) is 2. The molecule has 1 amide bonds. The van der Waals surface area contributed by atoms with E-state index in [-0.39, 0.29) is 17.2 Å². The van der Waals surface area contributed by atoms with Crippen molar-refractivity contribution in [2.24, 2.45) is 5.10 Å². The molecule has 34 heavy (non-hydrogen) atoms. The predicted molar refractivity (Wildman–Crippen MR) is 123 cm³/mol. The number of hydrazone groups is 1. The fraction of sp³-hybridized carbons (Fsp3) is 0. The van der Waals surface area contributed by atoms with Gasteiger partial charge in [0.25, 0.3) is 26.1 Å². The lowest BCUT2D eigenvalue weighted by molar-refractivity contribution is -0.110. The van der Waals surface area contributed by atoms with Crippen LogP contribution in [0, 0.1) is 0 Å². The summed E-state index contributed by atoms with van der Waals surface area (Å²) in [6, 6.07) is 18.8. The summed E-state index contributed by atoms with van der Waals surface area (Å²) in [5, 5.41) is 8.54. The largest absolute Gasteiger partial charge is 0.319 e. The standard InChI is InChI=1S/C20H17N5O7S2/c26-20(21-14-8-2-1-3-9-14)19-22-24(15-10-4-6-12-17(15)33(27,28)29)25(23-19)16-11-5-7-13-18(16)34(30,31)32/h1-13H,(H,21,26)(H,22,23)(H,27,28,29)(H,30,31,32). The normalized spacial score (nSPS) is 13.9. The number of benzene rings is 3. The summed E-state index contributed by atoms with van der Waals surface area (Å²) in [5.41, 5.74) is 2.67. The summed E-state index contributed by atoms with van der Waals surface area (Å²) in [4.78, 5) is 11.7. The van der Waals surface area contributed by atoms with E-state index in [9.17, 15) is 30.7 Å². The Labute approximate surface area is 194 Å². The van der Waals surface area contributed by atoms with Gasteiger partial charge in [-0.3, -0.25) is 19.3 Å². The van der Waals surface area contributed by atoms with Gasteiger partial charge in [0.15, 0.2) is 0 Å². The minimum absolute atomic E-state index is 0.179. The van der Waals surface area contributed by atoms with Crippen molar-refractivity contribution in [2.75, 3.05) is 15.6 Å². The molecular weight excluding hydrogens is 486 g/mol. The molecule has 0 atom stereocenters. The van der Waals surface area contributed by atoms with Gasteiger partial charge in [-0.1, -0.05) is 42.5 Å². The number of carbonyl (C=O) groups excluding carboxylic acids is 1. The highest BCUT2D eigenvalue weighted by molar-refractivity contribution is 7.86. The molecule has 1 heterocycles. The Balaban J connectivity index is 1.84. The van der Waals surface area contributed by atoms with E-state index in [1.165, 1.54) is 36.4 Å². The number of hydrogen-bond donors (Lipinski definition) is 4. The minimum atomic E-state index is -4.73. The third kappa shape index (κ3) is 4.69. The highest BCUT2D eigenvalue weighted by atomic mass is 32.2. The van der Waals surface area contributed by atoms with Gasteiger partial charge in [0.2, 0.25) is 5.84 Å². The molecule has 1 aliphatic heterocycles. The van der Waals surface area contributed by atoms with Crippen molar-refractivity contribution in [1.29, 1.82) is 0 Å². The topological polar surface area (TPSA) is 169 Å². The number of nitrogens with zero attached hydrogens (tertiary/aromatic N) is 3. The summed E-state index contributed by atoms with van der Waals surface area (Å²) < 4.78 is 67.2. The maximum atomic E-state index is 12.8. The molecular formula is C20H17N5O7S2. The van der Waals surface area contributed by atoms with Crippen LogP contribution in [0.2, 0.25) is 0 Å². The molecule has 0 saturated heterocycles. The SMILES string of the molecule is O=C(Nc1ccccc1)C1=NN(c2ccccc2S(=O)(=O)O)N(c2ccccc2S(=O)(=O)O)N1. The molecule has 0 aliphatic carbocycles. The smallest absolute Gasteiger partial charge is 0.296 e. The van der Waals surface area contributed by atoms with Crippen molar-refractivity contribution in [1.82, 2.24) is 5.43 Å². The molecule has 0 bridgehead atoms. The lowest BCUT2D eigenvalue weighted by Crippen LogP contribution is -2.47. The summed E-state index contributed by atoms with van der Waals surface area (Å²) in [6.45, 7) is 0. The number of hydrogen-bond acceptors (Lipinski definition) is 9. The van der Waals surface area contributed by atoms with Crippen LogP contribution in [0.25, 0.3) is 0 Å². The molecule has 0 saturated carbocycles. The molecule has 0 spiro atoms. The maximum absolute atomic E-state index is 12.8. The molecule has 0 fully saturated rings. The lowest BCUT2D eigenvalue weighted by atomic mass is 10.3. The van der Waals surface area contributed by atoms with Gasteiger partial charge in [-0.05, 0) is 36.4 Å². The highest BCUT2D eigenvalue weighted by Crippen LogP contribution is 2.33. The quantitative estimate of drug-likeness (QED) is 0.364. The van der Waals surface area contributed by atoms with Gasteiger partial charge in [0, 0.05) is 5.69 Å². The van der Waals surface area contributed by atoms with Gasteiger partial charge in [-0.25, -0.2) is 0 Å². The van der Waals surface area contributed by atoms with E-state index < -0.39 is 35.9 Å². The Morgan fingerprint density at radius 3 is 1.85 bits per heavy atom. The zero-order valence-corrected chi connectivity index (χ0v) is 18.7. The van der Waals surface area contributed by atoms with Crippen molar-refractivity contribution in [3.8, 4) is 0 Å². The summed E-state index contributed by atoms with van der Waals surface area (Å²) in [7, 11) is -9.46. The average molecular weight is 504 g/mol. The number of para-hydroxylation sites is 3. The molecule has 176 valence electrons. The maximum Gasteiger partial charge on any atom is 0.296 e. The second-order valence-electron chi connectivity index (χ2n) is 6.87. The van der Waals surface area contributed by atoms with Crippen molar-refractivity contribution in [2.45, 2.75) is 9.79 Å². The van der Waals surface area contributed by atoms with E-state index in [0.29, 0.717) is 5.69 Å². The van der Waals surface area contributed by atoms with Crippen LogP contribution in [0.3, 0.4) is 0 Å². The molecule has 3 aromatic carbocycles. The van der Waals surface area contributed by atoms with Crippen LogP contribution in [0.4, 0.5) is 17.1 Å². The number of hydrazine groups is 2. The molecule has 0 unspecified atom stereocenters. The third-order valence-electron chi connectivity index (χ3n) is 4.57. The van der Waals surface area contributed by atoms with Crippen LogP contribution < -0.4 is 21.0 Å². The van der Waals surface area contributed by atoms with Gasteiger partial charge in [0.1, 0.15) is 21.2 Å². The van der Waals surface area contributed by atoms with Crippen molar-refractivity contribution in [3.05, 3.63) is 78.9 Å². The van der Waals surface area contributed by atoms with Crippen LogP contribution in [0.15, 0.2) is 93.8 Å². The Morgan fingerprint density at radius 1 is 0.765 bits per heavy atom. The van der Waals surface area contributed by atoms with Crippen molar-refractivity contribution < 1.29 is 30.7 Å². The predicted octanol–water partition coefficient (Wildman–Crippen LogP) is 1.88. The number of amidine groups is 1. The molecule has 12 nitrogen and oxygen atoms in total. The molecule has 3 aromatic rings. The van der Waals surface area contributed by atoms with E-state index in [1.54, 1.807) is 30.3 Å². The van der Waals surface area contributed by atoms with Gasteiger partial charge >= 0.3 is 0 Å². The van der Waals surface area contributed by atoms with Crippen LogP contribution in [0.5, 0.6) is 0 Å². The summed E-state index contributed by atoms with van der Waals surface area (Å²) >= 11 is 0. The van der Waals surface area contributed by atoms with E-state index in [0.717, 1.165) is 22.4 Å². The fourth-order valence-corrected chi connectivity index (χ4v) is 4.47. The van der Waals surface area contributed by atoms with Crippen LogP contribution in [0.1, 0.15) is 0 Å². The molecule has 14 heteroatoms. The second kappa shape index (κ2) is 8.75. The Hall–Kier alpha value is -3.98. The molecule has 4 N–H and O–H groups in total. The third-order valence-corrected chi connectivity index (χ3v) is 6.37. The number of amides is 1. The number of rotatable bonds is 6. The highest BCUT2D eigenvalue weighted by Gasteiger charge is 2.35. The fourth-order valence-electron chi connectivity index (χ4n) is 3.13. The first kappa shape index (κ1) is 23.2. The zero-order valence-electron chi connectivity index (χ0n) is 17.1. The minimum Gasteiger partial charge on any atom is -0.319 e. The van der Waals surface area contributed by atoms with Crippen LogP contribution >= 0.6 is 0 Å². The summed E-state index contributed by atoms with van der Waals surface area (Å²) in [6.07, 6.45) is 0. The molecule has 0 aromatic heterocycles. The molecule has 1 aliphatic rings. The van der Waals surface area contributed by atoms with E-state index in [1.807, 2.05) is 0 Å². The van der Waals surface area contributed by atoms with E-state index in [2.05, 4.69) is 15.8 Å². The number of anilines is 3. The lowest BCUT2D eigenvalue weighted by Gasteiger charge is -2.29. The van der Waals surface area contributed by atoms with Gasteiger partial charge in [-0.2, -0.15) is 22.0 Å². The van der Waals surface area contributed by atoms with Gasteiger partial charge < -0.3 is 5.32 Å². The zero-order chi connectivity index (χ0) is 24.5. The van der Waals surface area contributed by atoms with E-state index in [4.69, 9.17) is 0 Å². The Morgan fingerprint density at radius 2 is 1.26 bits per heavy atom. The van der Waals surface area contributed by atoms with Crippen molar-refractivity contribution in [3.63, 3.8) is 0 Å². The molecule has 4 rings (SSSR count). The first-order chi connectivity index (χ1) is 16.1. The average Bonchev–Trinajstić information content (AvgIpc) is 3.24. The van der Waals surface area contributed by atoms with Crippen LogP contribution in [-0.2, 0) is 25.0 Å². The van der Waals surface area contributed by atoms with Gasteiger partial charge in [-0.15, -0.1) is 10.2 Å². The van der Waals surface area contributed by atoms with Crippen LogP contribution in [-0.4, -0.2) is 37.7 Å². The van der Waals surface area contributed by atoms with E-state index >= 15 is 0 Å². The van der Waals surface area contributed by atoms with Gasteiger partial charge in [0.05, 0.1) is 0 Å². The first-order valence-corrected chi connectivity index (χ1v) is 12.4. The first-order valence-electron chi connectivity index (χ1n) is 9.50.